The molecule has 0 aliphatic carbocycles. The first-order valence-corrected chi connectivity index (χ1v) is 8.71. The van der Waals surface area contributed by atoms with E-state index in [1.165, 1.54) is 0 Å². The number of nitrogens with zero attached hydrogens (tertiary/aromatic N) is 4. The summed E-state index contributed by atoms with van der Waals surface area (Å²) in [5.41, 5.74) is 1.97. The van der Waals surface area contributed by atoms with E-state index < -0.39 is 5.92 Å². The molecule has 4 aromatic rings. The summed E-state index contributed by atoms with van der Waals surface area (Å²) in [6.07, 6.45) is 0. The van der Waals surface area contributed by atoms with Gasteiger partial charge in [0.05, 0.1) is 17.0 Å². The van der Waals surface area contributed by atoms with Crippen LogP contribution in [-0.4, -0.2) is 36.7 Å². The van der Waals surface area contributed by atoms with Gasteiger partial charge in [-0.3, -0.25) is 9.59 Å². The van der Waals surface area contributed by atoms with Crippen LogP contribution in [0.4, 0.5) is 0 Å². The van der Waals surface area contributed by atoms with Crippen molar-refractivity contribution in [3.05, 3.63) is 70.1 Å². The highest BCUT2D eigenvalue weighted by Crippen LogP contribution is 2.21. The van der Waals surface area contributed by atoms with Gasteiger partial charge in [0, 0.05) is 17.5 Å². The second-order valence-corrected chi connectivity index (χ2v) is 6.36. The maximum Gasteiger partial charge on any atom is 0.272 e. The molecule has 0 fully saturated rings. The maximum atomic E-state index is 12.7. The van der Waals surface area contributed by atoms with Gasteiger partial charge < -0.3 is 5.32 Å². The average Bonchev–Trinajstić information content (AvgIpc) is 3.27. The van der Waals surface area contributed by atoms with Crippen LogP contribution in [0.25, 0.3) is 22.2 Å². The predicted octanol–water partition coefficient (Wildman–Crippen LogP) is 1.52. The first-order chi connectivity index (χ1) is 13.6. The molecule has 2 aromatic carbocycles. The summed E-state index contributed by atoms with van der Waals surface area (Å²) in [6, 6.07) is 14.6. The highest BCUT2D eigenvalue weighted by Gasteiger charge is 2.20. The molecule has 0 spiro atoms. The number of nitrogens with one attached hydrogen (secondary N) is 3. The van der Waals surface area contributed by atoms with E-state index in [9.17, 15) is 9.59 Å². The molecule has 0 aliphatic rings. The Morgan fingerprint density at radius 3 is 2.71 bits per heavy atom. The third-order valence-electron chi connectivity index (χ3n) is 4.53. The molecule has 1 unspecified atom stereocenters. The fraction of sp³-hybridized carbons (Fsp3) is 0.158. The van der Waals surface area contributed by atoms with Gasteiger partial charge in [-0.05, 0) is 29.8 Å². The number of aromatic amines is 2. The lowest BCUT2D eigenvalue weighted by molar-refractivity contribution is -0.122. The van der Waals surface area contributed by atoms with Gasteiger partial charge >= 0.3 is 0 Å². The second kappa shape index (κ2) is 7.39. The van der Waals surface area contributed by atoms with Crippen LogP contribution < -0.4 is 10.9 Å². The van der Waals surface area contributed by atoms with Gasteiger partial charge in [0.15, 0.2) is 0 Å². The Morgan fingerprint density at radius 1 is 1.11 bits per heavy atom. The van der Waals surface area contributed by atoms with Crippen LogP contribution in [0.3, 0.4) is 0 Å². The zero-order chi connectivity index (χ0) is 19.5. The fourth-order valence-corrected chi connectivity index (χ4v) is 3.04. The molecule has 1 amide bonds. The van der Waals surface area contributed by atoms with Crippen molar-refractivity contribution < 1.29 is 4.79 Å². The number of aromatic nitrogens is 6. The number of H-pyrrole nitrogens is 2. The standard InChI is InChI=1S/C19H17N7O2/c1-11(16-14-7-2-3-8-15(14)19(28)24-21-16)18(27)20-10-12-5-4-6-13(9-12)17-22-25-26-23-17/h2-9,11H,10H2,1H3,(H,20,27)(H,24,28)(H,22,23,25,26). The highest BCUT2D eigenvalue weighted by molar-refractivity contribution is 5.90. The number of benzene rings is 2. The Bertz CT molecular complexity index is 1180. The van der Waals surface area contributed by atoms with Crippen molar-refractivity contribution in [3.63, 3.8) is 0 Å². The van der Waals surface area contributed by atoms with Gasteiger partial charge in [-0.2, -0.15) is 10.3 Å². The summed E-state index contributed by atoms with van der Waals surface area (Å²) in [5.74, 6) is -0.220. The van der Waals surface area contributed by atoms with Gasteiger partial charge in [-0.25, -0.2) is 5.10 Å². The van der Waals surface area contributed by atoms with Crippen molar-refractivity contribution in [3.8, 4) is 11.4 Å². The van der Waals surface area contributed by atoms with Crippen LogP contribution in [0, 0.1) is 0 Å². The lowest BCUT2D eigenvalue weighted by Gasteiger charge is -2.13. The first kappa shape index (κ1) is 17.5. The molecule has 0 saturated heterocycles. The number of fused-ring (bicyclic) bond motifs is 1. The molecule has 4 rings (SSSR count). The smallest absolute Gasteiger partial charge is 0.272 e. The van der Waals surface area contributed by atoms with Crippen LogP contribution in [0.1, 0.15) is 24.1 Å². The Morgan fingerprint density at radius 2 is 1.93 bits per heavy atom. The van der Waals surface area contributed by atoms with E-state index in [1.54, 1.807) is 25.1 Å². The molecule has 2 heterocycles. The van der Waals surface area contributed by atoms with Crippen molar-refractivity contribution in [2.24, 2.45) is 0 Å². The summed E-state index contributed by atoms with van der Waals surface area (Å²) in [4.78, 5) is 24.6. The predicted molar refractivity (Wildman–Crippen MR) is 102 cm³/mol. The molecule has 9 heteroatoms. The Hall–Kier alpha value is -3.88. The van der Waals surface area contributed by atoms with Crippen LogP contribution in [0.2, 0.25) is 0 Å². The van der Waals surface area contributed by atoms with E-state index in [0.29, 0.717) is 28.8 Å². The monoisotopic (exact) mass is 375 g/mol. The molecular formula is C19H17N7O2. The normalized spacial score (nSPS) is 12.0. The SMILES string of the molecule is CC(C(=O)NCc1cccc(-c2nn[nH]n2)c1)c1n[nH]c(=O)c2ccccc12. The zero-order valence-electron chi connectivity index (χ0n) is 15.0. The zero-order valence-corrected chi connectivity index (χ0v) is 15.0. The van der Waals surface area contributed by atoms with E-state index >= 15 is 0 Å². The number of carbonyl (C=O) groups excluding carboxylic acids is 1. The van der Waals surface area contributed by atoms with E-state index in [1.807, 2.05) is 30.3 Å². The number of rotatable bonds is 5. The molecule has 0 saturated carbocycles. The van der Waals surface area contributed by atoms with Crippen molar-refractivity contribution >= 4 is 16.7 Å². The third-order valence-corrected chi connectivity index (χ3v) is 4.53. The van der Waals surface area contributed by atoms with Crippen LogP contribution in [-0.2, 0) is 11.3 Å². The number of tetrazole rings is 1. The van der Waals surface area contributed by atoms with Gasteiger partial charge in [0.1, 0.15) is 0 Å². The van der Waals surface area contributed by atoms with Gasteiger partial charge in [-0.15, -0.1) is 10.2 Å². The fourth-order valence-electron chi connectivity index (χ4n) is 3.04. The minimum absolute atomic E-state index is 0.185. The second-order valence-electron chi connectivity index (χ2n) is 6.36. The molecule has 3 N–H and O–H groups in total. The van der Waals surface area contributed by atoms with Crippen LogP contribution >= 0.6 is 0 Å². The quantitative estimate of drug-likeness (QED) is 0.485. The van der Waals surface area contributed by atoms with E-state index in [4.69, 9.17) is 0 Å². The van der Waals surface area contributed by atoms with Crippen molar-refractivity contribution in [1.82, 2.24) is 36.1 Å². The molecule has 2 aromatic heterocycles. The topological polar surface area (TPSA) is 129 Å². The van der Waals surface area contributed by atoms with E-state index in [0.717, 1.165) is 11.1 Å². The minimum atomic E-state index is -0.526. The molecular weight excluding hydrogens is 358 g/mol. The van der Waals surface area contributed by atoms with E-state index in [2.05, 4.69) is 36.1 Å². The summed E-state index contributed by atoms with van der Waals surface area (Å²) < 4.78 is 0. The maximum absolute atomic E-state index is 12.7. The molecule has 140 valence electrons. The largest absolute Gasteiger partial charge is 0.351 e. The molecule has 1 atom stereocenters. The first-order valence-electron chi connectivity index (χ1n) is 8.71. The molecule has 28 heavy (non-hydrogen) atoms. The van der Waals surface area contributed by atoms with Crippen molar-refractivity contribution in [2.75, 3.05) is 0 Å². The van der Waals surface area contributed by atoms with Gasteiger partial charge in [0.25, 0.3) is 5.56 Å². The number of hydrogen-bond acceptors (Lipinski definition) is 6. The molecule has 0 aliphatic heterocycles. The summed E-state index contributed by atoms with van der Waals surface area (Å²) in [7, 11) is 0. The molecule has 0 radical (unpaired) electrons. The lowest BCUT2D eigenvalue weighted by atomic mass is 10.0. The number of hydrogen-bond donors (Lipinski definition) is 3. The van der Waals surface area contributed by atoms with Gasteiger partial charge in [-0.1, -0.05) is 36.4 Å². The lowest BCUT2D eigenvalue weighted by Crippen LogP contribution is -2.29. The summed E-state index contributed by atoms with van der Waals surface area (Å²) in [5, 5.41) is 24.6. The Kier molecular flexibility index (Phi) is 4.63. The number of amides is 1. The van der Waals surface area contributed by atoms with Gasteiger partial charge in [0.2, 0.25) is 11.7 Å². The average molecular weight is 375 g/mol. The molecule has 0 bridgehead atoms. The molecule has 9 nitrogen and oxygen atoms in total. The Balaban J connectivity index is 1.51. The van der Waals surface area contributed by atoms with E-state index in [-0.39, 0.29) is 11.5 Å². The highest BCUT2D eigenvalue weighted by atomic mass is 16.2. The van der Waals surface area contributed by atoms with Crippen molar-refractivity contribution in [2.45, 2.75) is 19.4 Å². The number of carbonyl (C=O) groups is 1. The minimum Gasteiger partial charge on any atom is -0.351 e. The Labute approximate surface area is 159 Å². The van der Waals surface area contributed by atoms with Crippen LogP contribution in [0.5, 0.6) is 0 Å². The third kappa shape index (κ3) is 3.37. The summed E-state index contributed by atoms with van der Waals surface area (Å²) in [6.45, 7) is 2.11. The van der Waals surface area contributed by atoms with Crippen molar-refractivity contribution in [1.29, 1.82) is 0 Å². The van der Waals surface area contributed by atoms with Crippen LogP contribution in [0.15, 0.2) is 53.3 Å². The summed E-state index contributed by atoms with van der Waals surface area (Å²) >= 11 is 0.